The van der Waals surface area contributed by atoms with E-state index in [2.05, 4.69) is 31.3 Å². The highest BCUT2D eigenvalue weighted by molar-refractivity contribution is 5.76. The molecule has 3 N–H and O–H groups in total. The molecule has 0 aliphatic carbocycles. The second-order valence-electron chi connectivity index (χ2n) is 25.3. The van der Waals surface area contributed by atoms with Crippen LogP contribution in [0.2, 0.25) is 0 Å². The Morgan fingerprint density at radius 1 is 0.342 bits per heavy atom. The van der Waals surface area contributed by atoms with Crippen LogP contribution in [-0.2, 0) is 14.3 Å². The third-order valence-electron chi connectivity index (χ3n) is 17.3. The second-order valence-corrected chi connectivity index (χ2v) is 25.3. The van der Waals surface area contributed by atoms with Gasteiger partial charge in [0.15, 0.2) is 0 Å². The van der Waals surface area contributed by atoms with Crippen LogP contribution in [0.1, 0.15) is 418 Å². The Hall–Kier alpha value is -1.40. The molecule has 79 heavy (non-hydrogen) atoms. The number of esters is 1. The van der Waals surface area contributed by atoms with Gasteiger partial charge in [0.1, 0.15) is 0 Å². The maximum atomic E-state index is 12.5. The summed E-state index contributed by atoms with van der Waals surface area (Å²) in [5.41, 5.74) is 0. The van der Waals surface area contributed by atoms with Gasteiger partial charge in [-0.05, 0) is 51.4 Å². The Bertz CT molecular complexity index is 1190. The lowest BCUT2D eigenvalue weighted by Gasteiger charge is -2.22. The molecule has 0 saturated heterocycles. The molecular formula is C73H143NO5. The van der Waals surface area contributed by atoms with Crippen LogP contribution in [-0.4, -0.2) is 47.4 Å². The molecule has 1 amide bonds. The van der Waals surface area contributed by atoms with E-state index in [-0.39, 0.29) is 18.5 Å². The zero-order chi connectivity index (χ0) is 57.1. The number of hydrogen-bond acceptors (Lipinski definition) is 5. The number of rotatable bonds is 69. The van der Waals surface area contributed by atoms with Gasteiger partial charge < -0.3 is 20.3 Å². The monoisotopic (exact) mass is 1110 g/mol. The number of carbonyl (C=O) groups excluding carboxylic acids is 2. The fourth-order valence-electron chi connectivity index (χ4n) is 11.8. The number of aliphatic hydroxyl groups excluding tert-OH is 2. The Balaban J connectivity index is 3.37. The third-order valence-corrected chi connectivity index (χ3v) is 17.3. The van der Waals surface area contributed by atoms with Crippen LogP contribution < -0.4 is 5.32 Å². The van der Waals surface area contributed by atoms with Crippen molar-refractivity contribution in [2.24, 2.45) is 0 Å². The molecule has 470 valence electrons. The van der Waals surface area contributed by atoms with Gasteiger partial charge in [-0.2, -0.15) is 0 Å². The zero-order valence-electron chi connectivity index (χ0n) is 53.9. The minimum Gasteiger partial charge on any atom is -0.466 e. The van der Waals surface area contributed by atoms with Crippen molar-refractivity contribution in [3.63, 3.8) is 0 Å². The summed E-state index contributed by atoms with van der Waals surface area (Å²) in [6.45, 7) is 5.00. The number of ether oxygens (including phenoxy) is 1. The van der Waals surface area contributed by atoms with Crippen molar-refractivity contribution in [3.05, 3.63) is 12.2 Å². The maximum absolute atomic E-state index is 12.5. The summed E-state index contributed by atoms with van der Waals surface area (Å²) < 4.78 is 5.50. The molecule has 0 aromatic rings. The van der Waals surface area contributed by atoms with E-state index in [0.717, 1.165) is 38.5 Å². The van der Waals surface area contributed by atoms with Crippen LogP contribution in [0.4, 0.5) is 0 Å². The van der Waals surface area contributed by atoms with E-state index in [4.69, 9.17) is 4.74 Å². The van der Waals surface area contributed by atoms with Crippen molar-refractivity contribution in [1.82, 2.24) is 5.32 Å². The summed E-state index contributed by atoms with van der Waals surface area (Å²) in [6, 6.07) is -0.542. The van der Waals surface area contributed by atoms with Gasteiger partial charge in [0, 0.05) is 12.8 Å². The van der Waals surface area contributed by atoms with E-state index in [1.807, 2.05) is 0 Å². The maximum Gasteiger partial charge on any atom is 0.305 e. The minimum absolute atomic E-state index is 0.0192. The standard InChI is InChI=1S/C73H143NO5/c1-3-5-7-9-11-13-15-17-19-20-21-31-34-38-41-45-49-53-57-61-65-71(76)70(69-75)74-72(77)66-62-58-54-50-46-42-39-35-32-29-27-25-23-22-24-26-28-30-33-36-40-44-48-52-56-60-64-68-79-73(78)67-63-59-55-51-47-43-37-18-16-14-12-10-8-6-4-2/h22-23,70-71,75-76H,3-21,24-69H2,1-2H3,(H,74,77)/b23-22-. The minimum atomic E-state index is -0.665. The Labute approximate surface area is 495 Å². The third kappa shape index (κ3) is 65.6. The molecule has 0 aliphatic heterocycles. The summed E-state index contributed by atoms with van der Waals surface area (Å²) in [5.74, 6) is -0.0117. The first-order valence-corrected chi connectivity index (χ1v) is 36.4. The molecule has 0 spiro atoms. The summed E-state index contributed by atoms with van der Waals surface area (Å²) in [4.78, 5) is 24.6. The lowest BCUT2D eigenvalue weighted by molar-refractivity contribution is -0.143. The zero-order valence-corrected chi connectivity index (χ0v) is 53.9. The number of unbranched alkanes of at least 4 members (excludes halogenated alkanes) is 56. The Kier molecular flexibility index (Phi) is 67.9. The lowest BCUT2D eigenvalue weighted by atomic mass is 10.0. The average Bonchev–Trinajstić information content (AvgIpc) is 3.45. The van der Waals surface area contributed by atoms with Crippen LogP contribution >= 0.6 is 0 Å². The van der Waals surface area contributed by atoms with Gasteiger partial charge in [0.2, 0.25) is 5.91 Å². The first-order valence-electron chi connectivity index (χ1n) is 36.4. The van der Waals surface area contributed by atoms with Crippen molar-refractivity contribution in [1.29, 1.82) is 0 Å². The van der Waals surface area contributed by atoms with E-state index in [0.29, 0.717) is 25.9 Å². The smallest absolute Gasteiger partial charge is 0.305 e. The molecule has 0 aliphatic rings. The first-order chi connectivity index (χ1) is 39.0. The predicted octanol–water partition coefficient (Wildman–Crippen LogP) is 23.5. The fourth-order valence-corrected chi connectivity index (χ4v) is 11.8. The highest BCUT2D eigenvalue weighted by atomic mass is 16.5. The second kappa shape index (κ2) is 69.1. The van der Waals surface area contributed by atoms with Crippen molar-refractivity contribution >= 4 is 11.9 Å². The van der Waals surface area contributed by atoms with Gasteiger partial charge in [-0.25, -0.2) is 0 Å². The molecule has 0 aromatic carbocycles. The molecule has 0 radical (unpaired) electrons. The first kappa shape index (κ1) is 77.6. The molecule has 0 fully saturated rings. The topological polar surface area (TPSA) is 95.9 Å². The van der Waals surface area contributed by atoms with E-state index in [1.165, 1.54) is 347 Å². The number of hydrogen-bond donors (Lipinski definition) is 3. The number of amides is 1. The molecule has 6 heteroatoms. The number of carbonyl (C=O) groups is 2. The van der Waals surface area contributed by atoms with E-state index in [9.17, 15) is 19.8 Å². The highest BCUT2D eigenvalue weighted by Gasteiger charge is 2.20. The molecule has 0 rings (SSSR count). The van der Waals surface area contributed by atoms with Crippen molar-refractivity contribution in [2.75, 3.05) is 13.2 Å². The summed E-state index contributed by atoms with van der Waals surface area (Å²) >= 11 is 0. The summed E-state index contributed by atoms with van der Waals surface area (Å²) in [6.07, 6.45) is 85.5. The number of allylic oxidation sites excluding steroid dienone is 2. The van der Waals surface area contributed by atoms with Gasteiger partial charge in [0.05, 0.1) is 25.4 Å². The molecule has 0 heterocycles. The van der Waals surface area contributed by atoms with Crippen molar-refractivity contribution in [2.45, 2.75) is 431 Å². The summed E-state index contributed by atoms with van der Waals surface area (Å²) in [7, 11) is 0. The van der Waals surface area contributed by atoms with E-state index >= 15 is 0 Å². The van der Waals surface area contributed by atoms with E-state index < -0.39 is 12.1 Å². The predicted molar refractivity (Wildman–Crippen MR) is 347 cm³/mol. The average molecular weight is 1110 g/mol. The normalized spacial score (nSPS) is 12.5. The van der Waals surface area contributed by atoms with Gasteiger partial charge >= 0.3 is 5.97 Å². The SMILES string of the molecule is CCCCCCCCCCCCCCCCCCCCCCC(O)C(CO)NC(=O)CCCCCCCCCCCCC/C=C\CCCCCCCCCCCCCCOC(=O)CCCCCCCCCCCCCCCCC. The quantitative estimate of drug-likeness (QED) is 0.0320. The summed E-state index contributed by atoms with van der Waals surface area (Å²) in [5, 5.41) is 23.4. The largest absolute Gasteiger partial charge is 0.466 e. The molecule has 2 unspecified atom stereocenters. The van der Waals surface area contributed by atoms with Crippen LogP contribution in [0.5, 0.6) is 0 Å². The van der Waals surface area contributed by atoms with Gasteiger partial charge in [-0.15, -0.1) is 0 Å². The number of nitrogens with one attached hydrogen (secondary N) is 1. The molecule has 0 saturated carbocycles. The van der Waals surface area contributed by atoms with E-state index in [1.54, 1.807) is 0 Å². The van der Waals surface area contributed by atoms with Crippen LogP contribution in [0.25, 0.3) is 0 Å². The molecule has 6 nitrogen and oxygen atoms in total. The van der Waals surface area contributed by atoms with Crippen molar-refractivity contribution < 1.29 is 24.5 Å². The number of aliphatic hydroxyl groups is 2. The lowest BCUT2D eigenvalue weighted by Crippen LogP contribution is -2.45. The molecular weight excluding hydrogens is 971 g/mol. The fraction of sp³-hybridized carbons (Fsp3) is 0.945. The molecule has 0 bridgehead atoms. The molecule has 0 aromatic heterocycles. The molecule has 2 atom stereocenters. The van der Waals surface area contributed by atoms with Crippen LogP contribution in [0, 0.1) is 0 Å². The Morgan fingerprint density at radius 2 is 0.595 bits per heavy atom. The van der Waals surface area contributed by atoms with Gasteiger partial charge in [-0.1, -0.05) is 366 Å². The highest BCUT2D eigenvalue weighted by Crippen LogP contribution is 2.19. The van der Waals surface area contributed by atoms with Gasteiger partial charge in [0.25, 0.3) is 0 Å². The van der Waals surface area contributed by atoms with Gasteiger partial charge in [-0.3, -0.25) is 9.59 Å². The van der Waals surface area contributed by atoms with Crippen LogP contribution in [0.3, 0.4) is 0 Å². The van der Waals surface area contributed by atoms with Crippen LogP contribution in [0.15, 0.2) is 12.2 Å². The Morgan fingerprint density at radius 3 is 0.899 bits per heavy atom. The van der Waals surface area contributed by atoms with Crippen molar-refractivity contribution in [3.8, 4) is 0 Å².